The van der Waals surface area contributed by atoms with Crippen molar-refractivity contribution in [3.63, 3.8) is 0 Å². The van der Waals surface area contributed by atoms with E-state index < -0.39 is 5.97 Å². The molecule has 0 aliphatic rings. The first-order chi connectivity index (χ1) is 8.72. The summed E-state index contributed by atoms with van der Waals surface area (Å²) < 4.78 is 0. The standard InChI is InChI=1S/C16H28O2/c1-3-5-6-7-8-9-10-11-12-13-14-15(4-2)16(17)18/h4,11-12H,3,5-10,13-14H2,1-2H3,(H,17,18)/b12-11?,15-4+. The van der Waals surface area contributed by atoms with Crippen LogP contribution in [0.2, 0.25) is 0 Å². The lowest BCUT2D eigenvalue weighted by Gasteiger charge is -1.99. The Morgan fingerprint density at radius 3 is 2.22 bits per heavy atom. The van der Waals surface area contributed by atoms with Crippen molar-refractivity contribution in [2.45, 2.75) is 71.6 Å². The Morgan fingerprint density at radius 2 is 1.61 bits per heavy atom. The molecule has 0 aromatic heterocycles. The second-order valence-electron chi connectivity index (χ2n) is 4.69. The molecular weight excluding hydrogens is 224 g/mol. The van der Waals surface area contributed by atoms with Crippen molar-refractivity contribution in [3.05, 3.63) is 23.8 Å². The molecule has 0 rings (SSSR count). The highest BCUT2D eigenvalue weighted by atomic mass is 16.4. The molecule has 1 N–H and O–H groups in total. The van der Waals surface area contributed by atoms with Gasteiger partial charge in [0.15, 0.2) is 0 Å². The topological polar surface area (TPSA) is 37.3 Å². The quantitative estimate of drug-likeness (QED) is 0.315. The molecule has 0 heterocycles. The summed E-state index contributed by atoms with van der Waals surface area (Å²) >= 11 is 0. The van der Waals surface area contributed by atoms with Gasteiger partial charge in [-0.3, -0.25) is 0 Å². The Hall–Kier alpha value is -1.05. The Bertz CT molecular complexity index is 264. The number of carboxylic acids is 1. The number of rotatable bonds is 11. The lowest BCUT2D eigenvalue weighted by Crippen LogP contribution is -1.99. The fourth-order valence-electron chi connectivity index (χ4n) is 1.89. The van der Waals surface area contributed by atoms with E-state index >= 15 is 0 Å². The smallest absolute Gasteiger partial charge is 0.331 e. The number of aliphatic carboxylic acids is 1. The SMILES string of the molecule is C/C=C(\CCC=CCCCCCCCC)C(=O)O. The summed E-state index contributed by atoms with van der Waals surface area (Å²) in [5, 5.41) is 8.82. The summed E-state index contributed by atoms with van der Waals surface area (Å²) in [7, 11) is 0. The molecule has 18 heavy (non-hydrogen) atoms. The molecule has 0 spiro atoms. The van der Waals surface area contributed by atoms with Gasteiger partial charge in [-0.1, -0.05) is 57.3 Å². The monoisotopic (exact) mass is 252 g/mol. The zero-order valence-electron chi connectivity index (χ0n) is 12.0. The summed E-state index contributed by atoms with van der Waals surface area (Å²) in [4.78, 5) is 10.7. The molecule has 0 bridgehead atoms. The summed E-state index contributed by atoms with van der Waals surface area (Å²) in [6.07, 6.45) is 16.5. The molecule has 0 saturated heterocycles. The summed E-state index contributed by atoms with van der Waals surface area (Å²) in [5.74, 6) is -0.790. The molecule has 0 aliphatic carbocycles. The van der Waals surface area contributed by atoms with E-state index in [-0.39, 0.29) is 0 Å². The molecule has 0 fully saturated rings. The van der Waals surface area contributed by atoms with Crippen LogP contribution in [-0.2, 0) is 4.79 Å². The molecule has 104 valence electrons. The van der Waals surface area contributed by atoms with E-state index in [0.29, 0.717) is 12.0 Å². The highest BCUT2D eigenvalue weighted by Crippen LogP contribution is 2.09. The molecular formula is C16H28O2. The van der Waals surface area contributed by atoms with Gasteiger partial charge in [0, 0.05) is 5.57 Å². The fraction of sp³-hybridized carbons (Fsp3) is 0.688. The zero-order valence-corrected chi connectivity index (χ0v) is 12.0. The third kappa shape index (κ3) is 10.1. The average molecular weight is 252 g/mol. The summed E-state index contributed by atoms with van der Waals surface area (Å²) in [6, 6.07) is 0. The maximum absolute atomic E-state index is 10.7. The third-order valence-electron chi connectivity index (χ3n) is 3.09. The molecule has 0 aromatic carbocycles. The van der Waals surface area contributed by atoms with E-state index in [9.17, 15) is 4.79 Å². The highest BCUT2D eigenvalue weighted by Gasteiger charge is 2.02. The Morgan fingerprint density at radius 1 is 1.00 bits per heavy atom. The maximum atomic E-state index is 10.7. The largest absolute Gasteiger partial charge is 0.478 e. The van der Waals surface area contributed by atoms with Gasteiger partial charge in [0.05, 0.1) is 0 Å². The lowest BCUT2D eigenvalue weighted by molar-refractivity contribution is -0.132. The minimum atomic E-state index is -0.790. The van der Waals surface area contributed by atoms with Crippen molar-refractivity contribution < 1.29 is 9.90 Å². The van der Waals surface area contributed by atoms with Crippen LogP contribution in [0.15, 0.2) is 23.8 Å². The van der Waals surface area contributed by atoms with E-state index in [2.05, 4.69) is 19.1 Å². The number of carboxylic acid groups (broad SMARTS) is 1. The first-order valence-corrected chi connectivity index (χ1v) is 7.25. The van der Waals surface area contributed by atoms with Gasteiger partial charge < -0.3 is 5.11 Å². The van der Waals surface area contributed by atoms with Crippen molar-refractivity contribution >= 4 is 5.97 Å². The number of unbranched alkanes of at least 4 members (excludes halogenated alkanes) is 6. The lowest BCUT2D eigenvalue weighted by atomic mass is 10.1. The van der Waals surface area contributed by atoms with Gasteiger partial charge in [0.1, 0.15) is 0 Å². The van der Waals surface area contributed by atoms with Crippen LogP contribution in [0.4, 0.5) is 0 Å². The number of hydrogen-bond acceptors (Lipinski definition) is 1. The Labute approximate surface area is 112 Å². The molecule has 0 unspecified atom stereocenters. The number of hydrogen-bond donors (Lipinski definition) is 1. The summed E-state index contributed by atoms with van der Waals surface area (Å²) in [5.41, 5.74) is 0.513. The molecule has 0 saturated carbocycles. The number of allylic oxidation sites excluding steroid dienone is 3. The third-order valence-corrected chi connectivity index (χ3v) is 3.09. The first kappa shape index (κ1) is 16.9. The van der Waals surface area contributed by atoms with Crippen LogP contribution < -0.4 is 0 Å². The van der Waals surface area contributed by atoms with Crippen LogP contribution in [0.5, 0.6) is 0 Å². The van der Waals surface area contributed by atoms with Crippen molar-refractivity contribution in [3.8, 4) is 0 Å². The molecule has 2 nitrogen and oxygen atoms in total. The average Bonchev–Trinajstić information content (AvgIpc) is 2.35. The predicted octanol–water partition coefficient (Wildman–Crippen LogP) is 5.10. The molecule has 0 atom stereocenters. The summed E-state index contributed by atoms with van der Waals surface area (Å²) in [6.45, 7) is 4.02. The van der Waals surface area contributed by atoms with Gasteiger partial charge >= 0.3 is 5.97 Å². The second-order valence-corrected chi connectivity index (χ2v) is 4.69. The first-order valence-electron chi connectivity index (χ1n) is 7.25. The molecule has 0 aromatic rings. The van der Waals surface area contributed by atoms with Crippen molar-refractivity contribution in [1.82, 2.24) is 0 Å². The van der Waals surface area contributed by atoms with Gasteiger partial charge in [-0.05, 0) is 32.6 Å². The maximum Gasteiger partial charge on any atom is 0.331 e. The van der Waals surface area contributed by atoms with Crippen LogP contribution in [0, 0.1) is 0 Å². The molecule has 0 aliphatic heterocycles. The van der Waals surface area contributed by atoms with E-state index in [0.717, 1.165) is 12.8 Å². The van der Waals surface area contributed by atoms with Gasteiger partial charge in [-0.25, -0.2) is 4.79 Å². The van der Waals surface area contributed by atoms with Crippen LogP contribution in [0.3, 0.4) is 0 Å². The van der Waals surface area contributed by atoms with Gasteiger partial charge in [-0.15, -0.1) is 0 Å². The van der Waals surface area contributed by atoms with Crippen LogP contribution in [0.1, 0.15) is 71.6 Å². The van der Waals surface area contributed by atoms with Gasteiger partial charge in [-0.2, -0.15) is 0 Å². The molecule has 2 heteroatoms. The Kier molecular flexibility index (Phi) is 11.7. The normalized spacial score (nSPS) is 12.2. The van der Waals surface area contributed by atoms with E-state index in [1.807, 2.05) is 0 Å². The molecule has 0 radical (unpaired) electrons. The van der Waals surface area contributed by atoms with Crippen molar-refractivity contribution in [1.29, 1.82) is 0 Å². The molecule has 0 amide bonds. The van der Waals surface area contributed by atoms with E-state index in [4.69, 9.17) is 5.11 Å². The zero-order chi connectivity index (χ0) is 13.6. The Balaban J connectivity index is 3.41. The van der Waals surface area contributed by atoms with Crippen molar-refractivity contribution in [2.24, 2.45) is 0 Å². The highest BCUT2D eigenvalue weighted by molar-refractivity contribution is 5.86. The predicted molar refractivity (Wildman–Crippen MR) is 77.8 cm³/mol. The van der Waals surface area contributed by atoms with Crippen LogP contribution in [0.25, 0.3) is 0 Å². The minimum Gasteiger partial charge on any atom is -0.478 e. The van der Waals surface area contributed by atoms with Gasteiger partial charge in [0.25, 0.3) is 0 Å². The van der Waals surface area contributed by atoms with Crippen LogP contribution >= 0.6 is 0 Å². The van der Waals surface area contributed by atoms with Crippen LogP contribution in [-0.4, -0.2) is 11.1 Å². The minimum absolute atomic E-state index is 0.513. The second kappa shape index (κ2) is 12.4. The van der Waals surface area contributed by atoms with Crippen molar-refractivity contribution in [2.75, 3.05) is 0 Å². The van der Waals surface area contributed by atoms with E-state index in [1.165, 1.54) is 38.5 Å². The fourth-order valence-corrected chi connectivity index (χ4v) is 1.89. The number of carbonyl (C=O) groups is 1. The van der Waals surface area contributed by atoms with E-state index in [1.54, 1.807) is 13.0 Å². The van der Waals surface area contributed by atoms with Gasteiger partial charge in [0.2, 0.25) is 0 Å².